The molecule has 0 aliphatic carbocycles. The van der Waals surface area contributed by atoms with Gasteiger partial charge < -0.3 is 4.90 Å². The molecule has 3 rings (SSSR count). The number of urea groups is 1. The number of amides is 2. The average Bonchev–Trinajstić information content (AvgIpc) is 2.74. The van der Waals surface area contributed by atoms with Gasteiger partial charge in [-0.3, -0.25) is 4.90 Å². The van der Waals surface area contributed by atoms with Crippen LogP contribution in [0, 0.1) is 27.7 Å². The first kappa shape index (κ1) is 22.6. The van der Waals surface area contributed by atoms with Gasteiger partial charge in [-0.25, -0.2) is 4.79 Å². The lowest BCUT2D eigenvalue weighted by molar-refractivity contribution is 0.203. The molecule has 0 aromatic heterocycles. The van der Waals surface area contributed by atoms with Gasteiger partial charge in [-0.1, -0.05) is 79.1 Å². The first-order chi connectivity index (χ1) is 14.9. The van der Waals surface area contributed by atoms with E-state index in [2.05, 4.69) is 83.1 Å². The van der Waals surface area contributed by atoms with Crippen molar-refractivity contribution in [2.45, 2.75) is 54.0 Å². The van der Waals surface area contributed by atoms with Gasteiger partial charge in [0.1, 0.15) is 0 Å². The highest BCUT2D eigenvalue weighted by atomic mass is 16.2. The highest BCUT2D eigenvalue weighted by molar-refractivity contribution is 6.00. The Labute approximate surface area is 187 Å². The summed E-state index contributed by atoms with van der Waals surface area (Å²) in [6.07, 6.45) is 2.03. The van der Waals surface area contributed by atoms with E-state index in [1.54, 1.807) is 0 Å². The maximum absolute atomic E-state index is 14.1. The molecule has 31 heavy (non-hydrogen) atoms. The number of nitrogens with zero attached hydrogens (tertiary/aromatic N) is 2. The van der Waals surface area contributed by atoms with Crippen molar-refractivity contribution in [1.29, 1.82) is 0 Å². The summed E-state index contributed by atoms with van der Waals surface area (Å²) in [7, 11) is 0. The van der Waals surface area contributed by atoms with Gasteiger partial charge >= 0.3 is 6.03 Å². The monoisotopic (exact) mass is 414 g/mol. The van der Waals surface area contributed by atoms with Crippen molar-refractivity contribution in [3.05, 3.63) is 94.5 Å². The molecule has 0 N–H and O–H groups in total. The summed E-state index contributed by atoms with van der Waals surface area (Å²) >= 11 is 0. The van der Waals surface area contributed by atoms with Crippen molar-refractivity contribution >= 4 is 17.4 Å². The van der Waals surface area contributed by atoms with Crippen LogP contribution in [0.1, 0.15) is 47.6 Å². The topological polar surface area (TPSA) is 23.6 Å². The summed E-state index contributed by atoms with van der Waals surface area (Å²) in [4.78, 5) is 18.0. The molecule has 162 valence electrons. The quantitative estimate of drug-likeness (QED) is 0.393. The van der Waals surface area contributed by atoms with E-state index in [-0.39, 0.29) is 6.03 Å². The molecule has 2 amide bonds. The third-order valence-electron chi connectivity index (χ3n) is 5.65. The van der Waals surface area contributed by atoms with Crippen LogP contribution >= 0.6 is 0 Å². The number of unbranched alkanes of at least 4 members (excludes halogenated alkanes) is 1. The van der Waals surface area contributed by atoms with Gasteiger partial charge in [-0.2, -0.15) is 0 Å². The summed E-state index contributed by atoms with van der Waals surface area (Å²) in [5, 5.41) is 0. The van der Waals surface area contributed by atoms with Crippen LogP contribution in [0.2, 0.25) is 0 Å². The van der Waals surface area contributed by atoms with Crippen molar-refractivity contribution in [2.75, 3.05) is 11.4 Å². The molecule has 0 aliphatic rings. The maximum Gasteiger partial charge on any atom is 0.329 e. The van der Waals surface area contributed by atoms with Crippen LogP contribution in [-0.4, -0.2) is 17.5 Å². The summed E-state index contributed by atoms with van der Waals surface area (Å²) in [6.45, 7) is 11.8. The Morgan fingerprint density at radius 2 is 1.32 bits per heavy atom. The molecule has 0 heterocycles. The Balaban J connectivity index is 2.07. The number of anilines is 2. The fraction of sp³-hybridized carbons (Fsp3) is 0.321. The van der Waals surface area contributed by atoms with Crippen molar-refractivity contribution in [2.24, 2.45) is 0 Å². The van der Waals surface area contributed by atoms with Crippen LogP contribution in [0.5, 0.6) is 0 Å². The number of carbonyl (C=O) groups is 1. The molecule has 0 bridgehead atoms. The van der Waals surface area contributed by atoms with Crippen LogP contribution in [0.25, 0.3) is 0 Å². The molecular formula is C28H34N2O. The number of aryl methyl sites for hydroxylation is 4. The summed E-state index contributed by atoms with van der Waals surface area (Å²) in [6, 6.07) is 22.9. The number of hydrogen-bond acceptors (Lipinski definition) is 1. The lowest BCUT2D eigenvalue weighted by Crippen LogP contribution is -2.41. The van der Waals surface area contributed by atoms with Gasteiger partial charge in [-0.15, -0.1) is 0 Å². The lowest BCUT2D eigenvalue weighted by atomic mass is 10.1. The predicted molar refractivity (Wildman–Crippen MR) is 131 cm³/mol. The van der Waals surface area contributed by atoms with Crippen LogP contribution in [-0.2, 0) is 6.54 Å². The lowest BCUT2D eigenvalue weighted by Gasteiger charge is -2.33. The van der Waals surface area contributed by atoms with Gasteiger partial charge in [0.25, 0.3) is 0 Å². The minimum atomic E-state index is 0.0243. The first-order valence-corrected chi connectivity index (χ1v) is 11.2. The van der Waals surface area contributed by atoms with Crippen molar-refractivity contribution in [1.82, 2.24) is 4.90 Å². The van der Waals surface area contributed by atoms with Crippen molar-refractivity contribution in [3.8, 4) is 0 Å². The molecule has 0 aliphatic heterocycles. The molecule has 0 saturated carbocycles. The summed E-state index contributed by atoms with van der Waals surface area (Å²) in [5.74, 6) is 0. The molecule has 0 unspecified atom stereocenters. The molecule has 0 radical (unpaired) electrons. The number of carbonyl (C=O) groups excluding carboxylic acids is 1. The Bertz CT molecular complexity index is 975. The molecule has 0 saturated heterocycles. The second kappa shape index (κ2) is 10.3. The Morgan fingerprint density at radius 1 is 0.774 bits per heavy atom. The molecule has 0 atom stereocenters. The molecule has 0 fully saturated rings. The van der Waals surface area contributed by atoms with Gasteiger partial charge in [0, 0.05) is 13.1 Å². The van der Waals surface area contributed by atoms with E-state index >= 15 is 0 Å². The minimum absolute atomic E-state index is 0.0243. The zero-order valence-electron chi connectivity index (χ0n) is 19.5. The van der Waals surface area contributed by atoms with Gasteiger partial charge in [0.15, 0.2) is 0 Å². The van der Waals surface area contributed by atoms with E-state index in [1.807, 2.05) is 28.0 Å². The Morgan fingerprint density at radius 3 is 1.81 bits per heavy atom. The molecule has 3 heteroatoms. The van der Waals surface area contributed by atoms with Crippen LogP contribution in [0.3, 0.4) is 0 Å². The summed E-state index contributed by atoms with van der Waals surface area (Å²) < 4.78 is 0. The van der Waals surface area contributed by atoms with E-state index in [0.29, 0.717) is 6.54 Å². The van der Waals surface area contributed by atoms with E-state index < -0.39 is 0 Å². The second-order valence-electron chi connectivity index (χ2n) is 8.46. The minimum Gasteiger partial charge on any atom is -0.320 e. The number of hydrogen-bond donors (Lipinski definition) is 0. The highest BCUT2D eigenvalue weighted by Gasteiger charge is 2.26. The number of benzene rings is 3. The zero-order valence-corrected chi connectivity index (χ0v) is 19.5. The maximum atomic E-state index is 14.1. The Hall–Kier alpha value is -3.07. The van der Waals surface area contributed by atoms with E-state index in [4.69, 9.17) is 0 Å². The van der Waals surface area contributed by atoms with E-state index in [0.717, 1.165) is 47.5 Å². The SMILES string of the molecule is CCCCN(Cc1ccccc1)C(=O)N(c1ccc(C)cc1C)c1ccc(C)cc1C. The van der Waals surface area contributed by atoms with E-state index in [1.165, 1.54) is 11.1 Å². The average molecular weight is 415 g/mol. The largest absolute Gasteiger partial charge is 0.329 e. The summed E-state index contributed by atoms with van der Waals surface area (Å²) in [5.41, 5.74) is 7.62. The van der Waals surface area contributed by atoms with Crippen LogP contribution in [0.4, 0.5) is 16.2 Å². The fourth-order valence-corrected chi connectivity index (χ4v) is 3.98. The van der Waals surface area contributed by atoms with Crippen molar-refractivity contribution < 1.29 is 4.79 Å². The first-order valence-electron chi connectivity index (χ1n) is 11.2. The third-order valence-corrected chi connectivity index (χ3v) is 5.65. The standard InChI is InChI=1S/C28H34N2O/c1-6-7-17-29(20-25-11-9-8-10-12-25)28(31)30(26-15-13-21(2)18-23(26)4)27-16-14-22(3)19-24(27)5/h8-16,18-19H,6-7,17,20H2,1-5H3. The zero-order chi connectivity index (χ0) is 22.4. The Kier molecular flexibility index (Phi) is 7.51. The van der Waals surface area contributed by atoms with Gasteiger partial charge in [0.05, 0.1) is 11.4 Å². The smallest absolute Gasteiger partial charge is 0.320 e. The second-order valence-corrected chi connectivity index (χ2v) is 8.46. The highest BCUT2D eigenvalue weighted by Crippen LogP contribution is 2.33. The molecular weight excluding hydrogens is 380 g/mol. The molecule has 3 nitrogen and oxygen atoms in total. The predicted octanol–water partition coefficient (Wildman–Crippen LogP) is 7.48. The third kappa shape index (κ3) is 5.55. The fourth-order valence-electron chi connectivity index (χ4n) is 3.98. The van der Waals surface area contributed by atoms with E-state index in [9.17, 15) is 4.79 Å². The van der Waals surface area contributed by atoms with Crippen LogP contribution < -0.4 is 4.90 Å². The van der Waals surface area contributed by atoms with Crippen molar-refractivity contribution in [3.63, 3.8) is 0 Å². The molecule has 0 spiro atoms. The van der Waals surface area contributed by atoms with Crippen LogP contribution in [0.15, 0.2) is 66.7 Å². The normalized spacial score (nSPS) is 10.7. The molecule has 3 aromatic carbocycles. The molecule has 3 aromatic rings. The van der Waals surface area contributed by atoms with Gasteiger partial charge in [0.2, 0.25) is 0 Å². The number of rotatable bonds is 7. The van der Waals surface area contributed by atoms with Gasteiger partial charge in [-0.05, 0) is 62.9 Å².